The summed E-state index contributed by atoms with van der Waals surface area (Å²) in [5.41, 5.74) is 1.93. The maximum atomic E-state index is 12.5. The maximum Gasteiger partial charge on any atom is 0.267 e. The first-order valence-electron chi connectivity index (χ1n) is 8.83. The van der Waals surface area contributed by atoms with Gasteiger partial charge in [-0.1, -0.05) is 0 Å². The van der Waals surface area contributed by atoms with E-state index in [0.717, 1.165) is 10.9 Å². The number of fused-ring (bicyclic) bond motifs is 1. The highest BCUT2D eigenvalue weighted by atomic mass is 16.5. The van der Waals surface area contributed by atoms with Crippen LogP contribution >= 0.6 is 0 Å². The summed E-state index contributed by atoms with van der Waals surface area (Å²) in [5, 5.41) is 16.8. The van der Waals surface area contributed by atoms with E-state index < -0.39 is 0 Å². The molecule has 1 saturated heterocycles. The zero-order valence-corrected chi connectivity index (χ0v) is 14.7. The van der Waals surface area contributed by atoms with Crippen LogP contribution in [0.5, 0.6) is 0 Å². The summed E-state index contributed by atoms with van der Waals surface area (Å²) >= 11 is 0. The molecule has 1 aliphatic rings. The first-order chi connectivity index (χ1) is 13.8. The molecule has 140 valence electrons. The van der Waals surface area contributed by atoms with Gasteiger partial charge in [0.1, 0.15) is 6.04 Å². The van der Waals surface area contributed by atoms with Crippen LogP contribution < -0.4 is 10.9 Å². The Morgan fingerprint density at radius 2 is 2.11 bits per heavy atom. The first-order valence-corrected chi connectivity index (χ1v) is 8.83. The average molecular weight is 376 g/mol. The number of hydrogen-bond donors (Lipinski definition) is 1. The van der Waals surface area contributed by atoms with Crippen molar-refractivity contribution in [3.8, 4) is 11.3 Å². The van der Waals surface area contributed by atoms with E-state index in [1.165, 1.54) is 10.7 Å². The Morgan fingerprint density at radius 3 is 3.00 bits per heavy atom. The van der Waals surface area contributed by atoms with Crippen molar-refractivity contribution in [2.24, 2.45) is 0 Å². The van der Waals surface area contributed by atoms with E-state index in [-0.39, 0.29) is 17.6 Å². The van der Waals surface area contributed by atoms with Crippen LogP contribution in [0.2, 0.25) is 0 Å². The molecule has 0 amide bonds. The Balaban J connectivity index is 1.49. The smallest absolute Gasteiger partial charge is 0.267 e. The second-order valence-electron chi connectivity index (χ2n) is 6.50. The molecule has 0 aromatic carbocycles. The predicted octanol–water partition coefficient (Wildman–Crippen LogP) is 1.89. The Kier molecular flexibility index (Phi) is 4.06. The minimum absolute atomic E-state index is 0.197. The van der Waals surface area contributed by atoms with Gasteiger partial charge in [-0.15, -0.1) is 5.10 Å². The van der Waals surface area contributed by atoms with E-state index in [2.05, 4.69) is 25.6 Å². The Morgan fingerprint density at radius 1 is 1.14 bits per heavy atom. The molecule has 1 aliphatic heterocycles. The van der Waals surface area contributed by atoms with Crippen molar-refractivity contribution >= 4 is 16.8 Å². The van der Waals surface area contributed by atoms with Crippen LogP contribution in [0.15, 0.2) is 64.4 Å². The molecule has 0 saturated carbocycles. The number of furan rings is 1. The fourth-order valence-electron chi connectivity index (χ4n) is 3.33. The molecule has 0 bridgehead atoms. The van der Waals surface area contributed by atoms with Crippen molar-refractivity contribution in [2.75, 3.05) is 18.5 Å². The van der Waals surface area contributed by atoms with Gasteiger partial charge in [-0.25, -0.2) is 4.68 Å². The average Bonchev–Trinajstić information content (AvgIpc) is 3.39. The van der Waals surface area contributed by atoms with Gasteiger partial charge in [-0.2, -0.15) is 10.2 Å². The second kappa shape index (κ2) is 6.86. The molecule has 0 aliphatic carbocycles. The number of rotatable bonds is 4. The van der Waals surface area contributed by atoms with Crippen molar-refractivity contribution in [3.63, 3.8) is 0 Å². The highest BCUT2D eigenvalue weighted by Gasteiger charge is 2.32. The van der Waals surface area contributed by atoms with Crippen LogP contribution in [-0.2, 0) is 4.74 Å². The topological polar surface area (TPSA) is 108 Å². The zero-order chi connectivity index (χ0) is 18.9. The Labute approximate surface area is 159 Å². The van der Waals surface area contributed by atoms with Gasteiger partial charge in [0.25, 0.3) is 5.56 Å². The van der Waals surface area contributed by atoms with Crippen molar-refractivity contribution in [2.45, 2.75) is 12.1 Å². The number of ether oxygens (including phenoxy) is 1. The molecule has 9 heteroatoms. The van der Waals surface area contributed by atoms with Gasteiger partial charge < -0.3 is 14.5 Å². The third kappa shape index (κ3) is 2.91. The molecule has 0 radical (unpaired) electrons. The van der Waals surface area contributed by atoms with Crippen LogP contribution in [-0.4, -0.2) is 44.2 Å². The number of anilines is 1. The molecular weight excluding hydrogens is 360 g/mol. The van der Waals surface area contributed by atoms with Gasteiger partial charge >= 0.3 is 0 Å². The van der Waals surface area contributed by atoms with Crippen LogP contribution in [0.1, 0.15) is 6.04 Å². The maximum absolute atomic E-state index is 12.5. The number of pyridine rings is 1. The third-order valence-electron chi connectivity index (χ3n) is 4.73. The third-order valence-corrected chi connectivity index (χ3v) is 4.73. The van der Waals surface area contributed by atoms with Crippen LogP contribution in [0, 0.1) is 0 Å². The van der Waals surface area contributed by atoms with Gasteiger partial charge in [0.05, 0.1) is 37.4 Å². The summed E-state index contributed by atoms with van der Waals surface area (Å²) in [6, 6.07) is 8.26. The molecule has 1 N–H and O–H groups in total. The molecule has 5 heterocycles. The molecule has 4 aromatic rings. The summed E-state index contributed by atoms with van der Waals surface area (Å²) in [6.07, 6.45) is 6.63. The molecule has 0 spiro atoms. The Hall–Kier alpha value is -3.59. The molecule has 4 aromatic heterocycles. The standard InChI is InChI=1S/C19H16N6O3/c26-17-4-3-14(12-2-1-6-20-8-12)24-25(17)16-11-27-10-15(16)22-19-18-13(5-7-28-18)9-21-23-19/h1-9,15-16H,10-11H2,(H,22,23). The van der Waals surface area contributed by atoms with Gasteiger partial charge in [0.2, 0.25) is 0 Å². The summed E-state index contributed by atoms with van der Waals surface area (Å²) < 4.78 is 12.6. The summed E-state index contributed by atoms with van der Waals surface area (Å²) in [5.74, 6) is 0.513. The number of aromatic nitrogens is 5. The van der Waals surface area contributed by atoms with Crippen molar-refractivity contribution in [3.05, 3.63) is 65.5 Å². The van der Waals surface area contributed by atoms with Gasteiger partial charge in [0.15, 0.2) is 11.4 Å². The predicted molar refractivity (Wildman–Crippen MR) is 101 cm³/mol. The quantitative estimate of drug-likeness (QED) is 0.575. The molecule has 28 heavy (non-hydrogen) atoms. The molecular formula is C19H16N6O3. The summed E-state index contributed by atoms with van der Waals surface area (Å²) in [6.45, 7) is 0.775. The van der Waals surface area contributed by atoms with Gasteiger partial charge in [-0.3, -0.25) is 9.78 Å². The SMILES string of the molecule is O=c1ccc(-c2cccnc2)nn1C1COCC1Nc1nncc2ccoc12. The fraction of sp³-hybridized carbons (Fsp3) is 0.211. The van der Waals surface area contributed by atoms with Gasteiger partial charge in [0, 0.05) is 29.4 Å². The second-order valence-corrected chi connectivity index (χ2v) is 6.50. The highest BCUT2D eigenvalue weighted by Crippen LogP contribution is 2.26. The summed E-state index contributed by atoms with van der Waals surface area (Å²) in [4.78, 5) is 16.6. The van der Waals surface area contributed by atoms with E-state index in [1.807, 2.05) is 18.2 Å². The normalized spacial score (nSPS) is 19.1. The first kappa shape index (κ1) is 16.6. The minimum Gasteiger partial charge on any atom is -0.460 e. The highest BCUT2D eigenvalue weighted by molar-refractivity contribution is 5.85. The van der Waals surface area contributed by atoms with Crippen molar-refractivity contribution in [1.29, 1.82) is 0 Å². The molecule has 2 unspecified atom stereocenters. The fourth-order valence-corrected chi connectivity index (χ4v) is 3.33. The van der Waals surface area contributed by atoms with Crippen LogP contribution in [0.4, 0.5) is 5.82 Å². The summed E-state index contributed by atoms with van der Waals surface area (Å²) in [7, 11) is 0. The lowest BCUT2D eigenvalue weighted by atomic mass is 10.1. The Bertz CT molecular complexity index is 1170. The lowest BCUT2D eigenvalue weighted by Gasteiger charge is -2.21. The minimum atomic E-state index is -0.295. The molecule has 9 nitrogen and oxygen atoms in total. The van der Waals surface area contributed by atoms with Gasteiger partial charge in [-0.05, 0) is 24.3 Å². The molecule has 2 atom stereocenters. The molecule has 5 rings (SSSR count). The number of nitrogens with zero attached hydrogens (tertiary/aromatic N) is 5. The zero-order valence-electron chi connectivity index (χ0n) is 14.7. The van der Waals surface area contributed by atoms with E-state index in [9.17, 15) is 4.79 Å². The van der Waals surface area contributed by atoms with E-state index >= 15 is 0 Å². The van der Waals surface area contributed by atoms with E-state index in [4.69, 9.17) is 9.15 Å². The van der Waals surface area contributed by atoms with Crippen molar-refractivity contribution in [1.82, 2.24) is 25.0 Å². The number of nitrogens with one attached hydrogen (secondary N) is 1. The number of hydrogen-bond acceptors (Lipinski definition) is 8. The van der Waals surface area contributed by atoms with E-state index in [1.54, 1.807) is 30.9 Å². The molecule has 1 fully saturated rings. The van der Waals surface area contributed by atoms with Crippen LogP contribution in [0.25, 0.3) is 22.2 Å². The lowest BCUT2D eigenvalue weighted by molar-refractivity contribution is 0.183. The lowest BCUT2D eigenvalue weighted by Crippen LogP contribution is -2.37. The monoisotopic (exact) mass is 376 g/mol. The largest absolute Gasteiger partial charge is 0.460 e. The van der Waals surface area contributed by atoms with E-state index in [0.29, 0.717) is 30.3 Å². The van der Waals surface area contributed by atoms with Crippen molar-refractivity contribution < 1.29 is 9.15 Å². The van der Waals surface area contributed by atoms with Crippen LogP contribution in [0.3, 0.4) is 0 Å².